The predicted octanol–water partition coefficient (Wildman–Crippen LogP) is 14.2. The van der Waals surface area contributed by atoms with Crippen LogP contribution in [0.5, 0.6) is 0 Å². The lowest BCUT2D eigenvalue weighted by Gasteiger charge is -2.47. The van der Waals surface area contributed by atoms with E-state index in [0.717, 1.165) is 16.7 Å². The first kappa shape index (κ1) is 76.0. The van der Waals surface area contributed by atoms with Crippen LogP contribution in [0.3, 0.4) is 0 Å². The van der Waals surface area contributed by atoms with E-state index in [-0.39, 0.29) is 71.4 Å². The minimum Gasteiger partial charge on any atom is -0.458 e. The quantitative estimate of drug-likeness (QED) is 0.0444. The molecule has 6 heterocycles. The van der Waals surface area contributed by atoms with Gasteiger partial charge in [0.25, 0.3) is 8.32 Å². The van der Waals surface area contributed by atoms with E-state index >= 15 is 0 Å². The first-order valence-electron chi connectivity index (χ1n) is 34.2. The Kier molecular flexibility index (Phi) is 27.1. The number of hydrogen-bond acceptors (Lipinski definition) is 15. The number of aromatic nitrogens is 1. The largest absolute Gasteiger partial charge is 0.458 e. The zero-order chi connectivity index (χ0) is 68.9. The van der Waals surface area contributed by atoms with E-state index in [1.54, 1.807) is 27.6 Å². The molecule has 522 valence electrons. The number of carbonyl (C=O) groups excluding carboxylic acids is 2. The maximum Gasteiger partial charge on any atom is 0.330 e. The number of aliphatic hydroxyl groups is 1. The number of aliphatic hydroxyl groups excluding tert-OH is 1. The Hall–Kier alpha value is -4.72. The van der Waals surface area contributed by atoms with Crippen LogP contribution >= 0.6 is 15.9 Å². The lowest BCUT2D eigenvalue weighted by atomic mass is 9.79. The average molecular weight is 1410 g/mol. The van der Waals surface area contributed by atoms with Gasteiger partial charge in [-0.1, -0.05) is 192 Å². The molecule has 2 N–H and O–H groups in total. The molecular formula is C76H109BrN2O14Si2. The lowest BCUT2D eigenvalue weighted by molar-refractivity contribution is -0.295. The fraction of sp³-hybridized carbons (Fsp3) is 0.592. The molecule has 95 heavy (non-hydrogen) atoms. The highest BCUT2D eigenvalue weighted by Gasteiger charge is 2.54. The number of nitrogens with zero attached hydrogens (tertiary/aromatic N) is 1. The molecule has 2 aromatic carbocycles. The Morgan fingerprint density at radius 1 is 0.853 bits per heavy atom. The number of allylic oxidation sites excluding steroid dienone is 2. The number of nitrogens with one attached hydrogen (secondary N) is 1. The number of hydrogen-bond donors (Lipinski definition) is 2. The zero-order valence-corrected chi connectivity index (χ0v) is 62.6. The van der Waals surface area contributed by atoms with Gasteiger partial charge in [-0.05, 0) is 103 Å². The third-order valence-electron chi connectivity index (χ3n) is 20.2. The van der Waals surface area contributed by atoms with Gasteiger partial charge in [-0.15, -0.1) is 0 Å². The number of halogens is 1. The highest BCUT2D eigenvalue weighted by atomic mass is 79.9. The number of rotatable bonds is 21. The van der Waals surface area contributed by atoms with E-state index in [4.69, 9.17) is 56.1 Å². The normalized spacial score (nSPS) is 30.5. The van der Waals surface area contributed by atoms with Crippen LogP contribution in [-0.4, -0.2) is 146 Å². The molecule has 8 bridgehead atoms. The third kappa shape index (κ3) is 19.8. The van der Waals surface area contributed by atoms with Crippen molar-refractivity contribution in [2.45, 2.75) is 248 Å². The van der Waals surface area contributed by atoms with Crippen LogP contribution in [0.2, 0.25) is 23.2 Å². The van der Waals surface area contributed by atoms with Gasteiger partial charge in [0.15, 0.2) is 14.1 Å². The summed E-state index contributed by atoms with van der Waals surface area (Å²) in [5.74, 6) is -2.42. The maximum atomic E-state index is 14.5. The summed E-state index contributed by atoms with van der Waals surface area (Å²) in [4.78, 5) is 35.4. The van der Waals surface area contributed by atoms with Gasteiger partial charge in [0.2, 0.25) is 11.8 Å². The van der Waals surface area contributed by atoms with Crippen molar-refractivity contribution in [1.82, 2.24) is 10.3 Å². The second-order valence-corrected chi connectivity index (χ2v) is 39.0. The fourth-order valence-electron chi connectivity index (χ4n) is 14.2. The Bertz CT molecular complexity index is 3130. The van der Waals surface area contributed by atoms with Crippen molar-refractivity contribution in [2.24, 2.45) is 11.8 Å². The van der Waals surface area contributed by atoms with E-state index in [1.165, 1.54) is 16.4 Å². The number of fused-ring (bicyclic) bond motifs is 9. The maximum absolute atomic E-state index is 14.5. The van der Waals surface area contributed by atoms with Gasteiger partial charge in [0.1, 0.15) is 24.2 Å². The lowest BCUT2D eigenvalue weighted by Crippen LogP contribution is -2.68. The van der Waals surface area contributed by atoms with Crippen molar-refractivity contribution >= 4 is 60.9 Å². The summed E-state index contributed by atoms with van der Waals surface area (Å²) < 4.78 is 73.6. The number of methoxy groups -OCH3 is 3. The molecule has 1 unspecified atom stereocenters. The van der Waals surface area contributed by atoms with Crippen LogP contribution in [0.25, 0.3) is 6.08 Å². The van der Waals surface area contributed by atoms with Crippen molar-refractivity contribution in [3.05, 3.63) is 155 Å². The molecule has 0 aliphatic carbocycles. The van der Waals surface area contributed by atoms with Gasteiger partial charge in [-0.3, -0.25) is 4.79 Å². The number of oxazole rings is 1. The molecule has 8 rings (SSSR count). The van der Waals surface area contributed by atoms with Crippen molar-refractivity contribution in [3.63, 3.8) is 0 Å². The molecule has 5 aliphatic heterocycles. The van der Waals surface area contributed by atoms with E-state index in [9.17, 15) is 14.7 Å². The Morgan fingerprint density at radius 3 is 2.17 bits per heavy atom. The summed E-state index contributed by atoms with van der Waals surface area (Å²) in [7, 11) is -0.466. The third-order valence-corrected chi connectivity index (χ3v) is 30.2. The molecule has 5 aliphatic rings. The van der Waals surface area contributed by atoms with Crippen LogP contribution in [-0.2, 0) is 56.3 Å². The van der Waals surface area contributed by atoms with Gasteiger partial charge in [0.05, 0.1) is 80.1 Å². The average Bonchev–Trinajstić information content (AvgIpc) is 0.774. The van der Waals surface area contributed by atoms with Crippen molar-refractivity contribution < 1.29 is 65.9 Å². The molecule has 16 atom stereocenters. The molecule has 3 aromatic rings. The van der Waals surface area contributed by atoms with E-state index in [0.29, 0.717) is 69.4 Å². The van der Waals surface area contributed by atoms with E-state index < -0.39 is 83.6 Å². The minimum absolute atomic E-state index is 0.114. The molecule has 0 radical (unpaired) electrons. The minimum atomic E-state index is -2.97. The van der Waals surface area contributed by atoms with Crippen molar-refractivity contribution in [3.8, 4) is 0 Å². The summed E-state index contributed by atoms with van der Waals surface area (Å²) in [6, 6.07) is 20.7. The molecule has 0 spiro atoms. The van der Waals surface area contributed by atoms with Gasteiger partial charge in [0, 0.05) is 64.9 Å². The summed E-state index contributed by atoms with van der Waals surface area (Å²) in [5, 5.41) is 16.2. The Labute approximate surface area is 577 Å². The Balaban J connectivity index is 1.03. The van der Waals surface area contributed by atoms with Crippen molar-refractivity contribution in [1.29, 1.82) is 0 Å². The zero-order valence-electron chi connectivity index (χ0n) is 59.1. The predicted molar refractivity (Wildman–Crippen MR) is 382 cm³/mol. The topological polar surface area (TPSA) is 185 Å². The molecule has 1 aromatic heterocycles. The monoisotopic (exact) mass is 1410 g/mol. The summed E-state index contributed by atoms with van der Waals surface area (Å²) >= 11 is 3.36. The second-order valence-electron chi connectivity index (χ2n) is 29.5. The van der Waals surface area contributed by atoms with Gasteiger partial charge >= 0.3 is 5.97 Å². The highest BCUT2D eigenvalue weighted by Crippen LogP contribution is 2.45. The Morgan fingerprint density at radius 2 is 1.54 bits per heavy atom. The van der Waals surface area contributed by atoms with Crippen LogP contribution < -0.4 is 15.7 Å². The fourth-order valence-corrected chi connectivity index (χ4v) is 20.4. The summed E-state index contributed by atoms with van der Waals surface area (Å²) in [6.45, 7) is 30.0. The number of ether oxygens (including phenoxy) is 8. The van der Waals surface area contributed by atoms with Gasteiger partial charge < -0.3 is 61.6 Å². The number of carbonyl (C=O) groups is 2. The molecular weight excluding hydrogens is 1300 g/mol. The van der Waals surface area contributed by atoms with Gasteiger partial charge in [-0.2, -0.15) is 0 Å². The molecule has 1 amide bonds. The summed E-state index contributed by atoms with van der Waals surface area (Å²) in [6.07, 6.45) is 20.1. The SMILES string of the molecule is C=C1C[C@@H]2C[C@@H]3C[C@@H](O[Si](c4ccccc4)(c4ccccc4)C(C)(C)C)C[C@@H](O3)c3coc(n3)/C=C/C[C@H]3O[C@@H](/C(C)=C/C(CO)NC(=O)C[C@]4(OC)C[C@H](OC)C[C@H]([C@@H](/C=C(C)/C=C/[C@@H](C/C=C/Br)OC)O[Si](C)(C)C(C)(C)C)O4)[C@H](C)[C@@H](OC(=O)/C=C\C[C@@H](C1)O2)[C@H]3C. The van der Waals surface area contributed by atoms with E-state index in [2.05, 4.69) is 149 Å². The first-order valence-corrected chi connectivity index (χ1v) is 39.9. The number of amides is 1. The molecule has 16 nitrogen and oxygen atoms in total. The standard InChI is InChI=1S/C76H109BrN2O14Si2/c1-50(35-36-56(83-12)27-25-37-77)40-68(93-94(15,16)74(6,7)8)67-45-61(84-13)46-76(85-14,91-67)47-69(81)78-55(48-80)41-52(3)72-54(5)73-53(4)65(89-72)32-24-33-70-79-64(49-86-70)66-44-60(43-59(88-66)42-58-39-51(2)38-57(87-58)26-23-34-71(82)90-73)92-95(75(9,10)11,62-28-19-17-20-29-62)63-30-21-18-22-31-63/h17-25,28-31,33-37,40-41,49,53-61,65-68,72-73,80H,2,26-27,32,38-39,42-48H2,1,3-16H3,(H,78,81)/b33-24+,34-23-,36-35+,37-25+,50-40+,52-41+/t53-,54-,55?,56+,57-,58+,59+,60+,61+,65+,66+,67+,68+,72-,73-,76-/m0/s1. The van der Waals surface area contributed by atoms with Gasteiger partial charge in [-0.25, -0.2) is 9.78 Å². The van der Waals surface area contributed by atoms with Crippen LogP contribution in [0, 0.1) is 11.8 Å². The highest BCUT2D eigenvalue weighted by molar-refractivity contribution is 9.11. The second kappa shape index (κ2) is 33.9. The smallest absolute Gasteiger partial charge is 0.330 e. The molecule has 4 fully saturated rings. The first-order chi connectivity index (χ1) is 45.1. The van der Waals surface area contributed by atoms with Crippen LogP contribution in [0.15, 0.2) is 148 Å². The van der Waals surface area contributed by atoms with Crippen LogP contribution in [0.4, 0.5) is 0 Å². The molecule has 19 heteroatoms. The molecule has 0 saturated carbocycles. The van der Waals surface area contributed by atoms with Crippen molar-refractivity contribution in [2.75, 3.05) is 27.9 Å². The van der Waals surface area contributed by atoms with Crippen LogP contribution in [0.1, 0.15) is 158 Å². The van der Waals surface area contributed by atoms with E-state index in [1.807, 2.05) is 75.2 Å². The number of esters is 1. The number of benzene rings is 2. The summed E-state index contributed by atoms with van der Waals surface area (Å²) in [5.41, 5.74) is 3.50. The molecule has 4 saturated heterocycles.